The van der Waals surface area contributed by atoms with Crippen molar-refractivity contribution in [3.05, 3.63) is 95.2 Å². The molecule has 2 unspecified atom stereocenters. The fraction of sp³-hybridized carbons (Fsp3) is 0.312. The Morgan fingerprint density at radius 2 is 1.73 bits per heavy atom. The van der Waals surface area contributed by atoms with Crippen LogP contribution in [0.5, 0.6) is 0 Å². The molecule has 6 nitrogen and oxygen atoms in total. The molecule has 0 bridgehead atoms. The van der Waals surface area contributed by atoms with Crippen LogP contribution in [0.4, 0.5) is 13.2 Å². The molecule has 1 aromatic heterocycles. The molecule has 41 heavy (non-hydrogen) atoms. The van der Waals surface area contributed by atoms with E-state index < -0.39 is 17.7 Å². The van der Waals surface area contributed by atoms with Gasteiger partial charge in [-0.05, 0) is 61.1 Å². The molecule has 212 valence electrons. The van der Waals surface area contributed by atoms with Gasteiger partial charge in [-0.3, -0.25) is 9.59 Å². The molecule has 3 aromatic carbocycles. The van der Waals surface area contributed by atoms with Gasteiger partial charge in [0, 0.05) is 36.6 Å². The zero-order valence-electron chi connectivity index (χ0n) is 22.6. The molecule has 2 heterocycles. The first-order valence-corrected chi connectivity index (χ1v) is 13.6. The van der Waals surface area contributed by atoms with E-state index in [9.17, 15) is 22.8 Å². The lowest BCUT2D eigenvalue weighted by Gasteiger charge is -2.17. The maximum Gasteiger partial charge on any atom is 0.416 e. The van der Waals surface area contributed by atoms with Crippen molar-refractivity contribution in [2.75, 3.05) is 13.1 Å². The number of rotatable bonds is 8. The average molecular weight is 562 g/mol. The maximum atomic E-state index is 13.4. The molecule has 1 N–H and O–H groups in total. The van der Waals surface area contributed by atoms with Crippen LogP contribution in [0.25, 0.3) is 22.3 Å². The SMILES string of the molecule is CC(CCc1nc2cc(C(=O)N3CCC(c4ccccc4)C3)ccc2nc1-c1ccc(C(F)(F)F)cc1)CC(=O)O. The highest BCUT2D eigenvalue weighted by atomic mass is 19.4. The topological polar surface area (TPSA) is 83.4 Å². The number of nitrogens with zero attached hydrogens (tertiary/aromatic N) is 3. The lowest BCUT2D eigenvalue weighted by molar-refractivity contribution is -0.138. The predicted molar refractivity (Wildman–Crippen MR) is 149 cm³/mol. The molecule has 1 amide bonds. The van der Waals surface area contributed by atoms with E-state index in [0.717, 1.165) is 18.6 Å². The number of hydrogen-bond acceptors (Lipinski definition) is 4. The Morgan fingerprint density at radius 1 is 1.00 bits per heavy atom. The minimum atomic E-state index is -4.46. The van der Waals surface area contributed by atoms with E-state index in [-0.39, 0.29) is 24.2 Å². The summed E-state index contributed by atoms with van der Waals surface area (Å²) in [5, 5.41) is 9.14. The van der Waals surface area contributed by atoms with E-state index in [0.29, 0.717) is 59.5 Å². The third-order valence-electron chi connectivity index (χ3n) is 7.61. The number of benzene rings is 3. The van der Waals surface area contributed by atoms with Crippen LogP contribution >= 0.6 is 0 Å². The Bertz CT molecular complexity index is 1560. The summed E-state index contributed by atoms with van der Waals surface area (Å²) in [7, 11) is 0. The monoisotopic (exact) mass is 561 g/mol. The molecular weight excluding hydrogens is 531 g/mol. The molecule has 1 aliphatic rings. The minimum absolute atomic E-state index is 0.00488. The summed E-state index contributed by atoms with van der Waals surface area (Å²) >= 11 is 0. The van der Waals surface area contributed by atoms with Crippen molar-refractivity contribution in [1.29, 1.82) is 0 Å². The summed E-state index contributed by atoms with van der Waals surface area (Å²) in [4.78, 5) is 35.9. The van der Waals surface area contributed by atoms with Crippen LogP contribution in [0.1, 0.15) is 59.3 Å². The summed E-state index contributed by atoms with van der Waals surface area (Å²) in [5.74, 6) is -0.836. The first-order chi connectivity index (χ1) is 19.6. The fourth-order valence-corrected chi connectivity index (χ4v) is 5.35. The lowest BCUT2D eigenvalue weighted by atomic mass is 9.97. The molecule has 0 spiro atoms. The van der Waals surface area contributed by atoms with Gasteiger partial charge in [-0.2, -0.15) is 13.2 Å². The van der Waals surface area contributed by atoms with Crippen molar-refractivity contribution in [2.45, 2.75) is 44.7 Å². The van der Waals surface area contributed by atoms with Crippen molar-refractivity contribution in [1.82, 2.24) is 14.9 Å². The van der Waals surface area contributed by atoms with Gasteiger partial charge in [-0.25, -0.2) is 9.97 Å². The third kappa shape index (κ3) is 6.56. The number of aromatic nitrogens is 2. The number of carboxylic acids is 1. The van der Waals surface area contributed by atoms with E-state index in [2.05, 4.69) is 12.1 Å². The van der Waals surface area contributed by atoms with Gasteiger partial charge < -0.3 is 10.0 Å². The Kier molecular flexibility index (Phi) is 8.06. The van der Waals surface area contributed by atoms with Crippen LogP contribution < -0.4 is 0 Å². The van der Waals surface area contributed by atoms with Gasteiger partial charge in [0.2, 0.25) is 0 Å². The van der Waals surface area contributed by atoms with Gasteiger partial charge in [0.1, 0.15) is 0 Å². The Morgan fingerprint density at radius 3 is 2.41 bits per heavy atom. The standard InChI is InChI=1S/C32H30F3N3O3/c1-20(17-29(39)40)7-13-27-30(22-8-11-25(12-9-22)32(33,34)35)37-26-14-10-23(18-28(26)36-27)31(41)38-16-15-24(19-38)21-5-3-2-4-6-21/h2-6,8-12,14,18,20,24H,7,13,15-17,19H2,1H3,(H,39,40). The number of aryl methyl sites for hydroxylation is 1. The van der Waals surface area contributed by atoms with Crippen LogP contribution in [0.2, 0.25) is 0 Å². The summed E-state index contributed by atoms with van der Waals surface area (Å²) in [6.07, 6.45) is -2.68. The van der Waals surface area contributed by atoms with E-state index in [1.807, 2.05) is 30.0 Å². The van der Waals surface area contributed by atoms with Gasteiger partial charge in [-0.15, -0.1) is 0 Å². The Hall–Kier alpha value is -4.27. The largest absolute Gasteiger partial charge is 0.481 e. The fourth-order valence-electron chi connectivity index (χ4n) is 5.35. The smallest absolute Gasteiger partial charge is 0.416 e. The van der Waals surface area contributed by atoms with Crippen molar-refractivity contribution >= 4 is 22.9 Å². The molecule has 1 saturated heterocycles. The van der Waals surface area contributed by atoms with Crippen molar-refractivity contribution in [2.24, 2.45) is 5.92 Å². The molecule has 5 rings (SSSR count). The van der Waals surface area contributed by atoms with Gasteiger partial charge >= 0.3 is 12.1 Å². The quantitative estimate of drug-likeness (QED) is 0.251. The van der Waals surface area contributed by atoms with E-state index in [1.54, 1.807) is 18.2 Å². The van der Waals surface area contributed by atoms with E-state index >= 15 is 0 Å². The molecule has 4 aromatic rings. The second kappa shape index (κ2) is 11.7. The molecule has 1 fully saturated rings. The molecule has 1 aliphatic heterocycles. The minimum Gasteiger partial charge on any atom is -0.481 e. The lowest BCUT2D eigenvalue weighted by Crippen LogP contribution is -2.28. The normalized spacial score (nSPS) is 16.2. The summed E-state index contributed by atoms with van der Waals surface area (Å²) in [6, 6.07) is 20.0. The second-order valence-electron chi connectivity index (χ2n) is 10.7. The van der Waals surface area contributed by atoms with E-state index in [1.165, 1.54) is 17.7 Å². The molecule has 0 aliphatic carbocycles. The number of aliphatic carboxylic acids is 1. The van der Waals surface area contributed by atoms with Gasteiger partial charge in [0.25, 0.3) is 5.91 Å². The first-order valence-electron chi connectivity index (χ1n) is 13.6. The van der Waals surface area contributed by atoms with Crippen molar-refractivity contribution in [3.8, 4) is 11.3 Å². The number of alkyl halides is 3. The molecule has 2 atom stereocenters. The number of likely N-dealkylation sites (tertiary alicyclic amines) is 1. The van der Waals surface area contributed by atoms with Gasteiger partial charge in [0.15, 0.2) is 0 Å². The summed E-state index contributed by atoms with van der Waals surface area (Å²) in [5.41, 5.74) is 3.44. The number of carbonyl (C=O) groups is 2. The Balaban J connectivity index is 1.44. The third-order valence-corrected chi connectivity index (χ3v) is 7.61. The number of halogens is 3. The van der Waals surface area contributed by atoms with Gasteiger partial charge in [-0.1, -0.05) is 49.4 Å². The first kappa shape index (κ1) is 28.3. The zero-order chi connectivity index (χ0) is 29.1. The van der Waals surface area contributed by atoms with Crippen LogP contribution in [0.3, 0.4) is 0 Å². The second-order valence-corrected chi connectivity index (χ2v) is 10.7. The van der Waals surface area contributed by atoms with Crippen molar-refractivity contribution in [3.63, 3.8) is 0 Å². The average Bonchev–Trinajstić information content (AvgIpc) is 3.45. The maximum absolute atomic E-state index is 13.4. The number of fused-ring (bicyclic) bond motifs is 1. The molecule has 0 radical (unpaired) electrons. The number of hydrogen-bond donors (Lipinski definition) is 1. The van der Waals surface area contributed by atoms with Crippen LogP contribution in [-0.2, 0) is 17.4 Å². The summed E-state index contributed by atoms with van der Waals surface area (Å²) in [6.45, 7) is 3.11. The van der Waals surface area contributed by atoms with Crippen LogP contribution in [0.15, 0.2) is 72.8 Å². The van der Waals surface area contributed by atoms with E-state index in [4.69, 9.17) is 15.1 Å². The number of amides is 1. The highest BCUT2D eigenvalue weighted by Gasteiger charge is 2.30. The zero-order valence-corrected chi connectivity index (χ0v) is 22.6. The molecule has 0 saturated carbocycles. The highest BCUT2D eigenvalue weighted by Crippen LogP contribution is 2.33. The van der Waals surface area contributed by atoms with Gasteiger partial charge in [0.05, 0.1) is 28.0 Å². The highest BCUT2D eigenvalue weighted by molar-refractivity contribution is 5.97. The molecule has 9 heteroatoms. The Labute approximate surface area is 235 Å². The molecular formula is C32H30F3N3O3. The van der Waals surface area contributed by atoms with Crippen LogP contribution in [0, 0.1) is 5.92 Å². The number of carboxylic acid groups (broad SMARTS) is 1. The summed E-state index contributed by atoms with van der Waals surface area (Å²) < 4.78 is 39.4. The predicted octanol–water partition coefficient (Wildman–Crippen LogP) is 6.99. The number of carbonyl (C=O) groups excluding carboxylic acids is 1. The van der Waals surface area contributed by atoms with Crippen molar-refractivity contribution < 1.29 is 27.9 Å². The van der Waals surface area contributed by atoms with Crippen LogP contribution in [-0.4, -0.2) is 44.9 Å².